The van der Waals surface area contributed by atoms with E-state index in [4.69, 9.17) is 4.74 Å². The molecule has 0 saturated heterocycles. The molecule has 2 unspecified atom stereocenters. The van der Waals surface area contributed by atoms with E-state index >= 15 is 0 Å². The zero-order valence-electron chi connectivity index (χ0n) is 15.8. The van der Waals surface area contributed by atoms with Gasteiger partial charge >= 0.3 is 5.97 Å². The Labute approximate surface area is 148 Å². The second-order valence-corrected chi connectivity index (χ2v) is 8.91. The first-order valence-corrected chi connectivity index (χ1v) is 10.3. The lowest BCUT2D eigenvalue weighted by atomic mass is 10.1. The van der Waals surface area contributed by atoms with Crippen LogP contribution in [0.15, 0.2) is 12.7 Å². The molecule has 0 aromatic rings. The van der Waals surface area contributed by atoms with E-state index in [1.54, 1.807) is 0 Å². The molecular formula is C18H35NO4P+. The highest BCUT2D eigenvalue weighted by Gasteiger charge is 2.26. The number of quaternary nitrogens is 1. The van der Waals surface area contributed by atoms with Gasteiger partial charge < -0.3 is 14.1 Å². The van der Waals surface area contributed by atoms with Gasteiger partial charge in [0.05, 0.1) is 21.1 Å². The molecule has 6 heteroatoms. The minimum absolute atomic E-state index is 0.153. The van der Waals surface area contributed by atoms with Crippen molar-refractivity contribution in [3.05, 3.63) is 12.7 Å². The summed E-state index contributed by atoms with van der Waals surface area (Å²) < 4.78 is 5.80. The fourth-order valence-corrected chi connectivity index (χ4v) is 3.77. The van der Waals surface area contributed by atoms with Crippen molar-refractivity contribution in [3.63, 3.8) is 0 Å². The van der Waals surface area contributed by atoms with Crippen molar-refractivity contribution in [1.82, 2.24) is 0 Å². The summed E-state index contributed by atoms with van der Waals surface area (Å²) in [4.78, 5) is 33.8. The van der Waals surface area contributed by atoms with E-state index < -0.39 is 20.2 Å². The van der Waals surface area contributed by atoms with Gasteiger partial charge in [-0.1, -0.05) is 45.6 Å². The molecule has 0 rings (SSSR count). The Hall–Kier alpha value is -0.770. The molecule has 0 aliphatic heterocycles. The topological polar surface area (TPSA) is 63.6 Å². The van der Waals surface area contributed by atoms with E-state index in [-0.39, 0.29) is 18.2 Å². The Morgan fingerprint density at radius 2 is 1.75 bits per heavy atom. The number of esters is 1. The Morgan fingerprint density at radius 3 is 2.29 bits per heavy atom. The number of hydrogen-bond acceptors (Lipinski definition) is 4. The van der Waals surface area contributed by atoms with Crippen LogP contribution in [0.3, 0.4) is 0 Å². The lowest BCUT2D eigenvalue weighted by molar-refractivity contribution is -0.861. The average molecular weight is 360 g/mol. The quantitative estimate of drug-likeness (QED) is 0.169. The van der Waals surface area contributed by atoms with Gasteiger partial charge in [0.15, 0.2) is 0 Å². The van der Waals surface area contributed by atoms with E-state index in [2.05, 4.69) is 13.5 Å². The summed E-state index contributed by atoms with van der Waals surface area (Å²) in [5.74, 6) is -0.492. The third-order valence-electron chi connectivity index (χ3n) is 3.60. The van der Waals surface area contributed by atoms with Crippen LogP contribution < -0.4 is 0 Å². The number of ether oxygens (including phenoxy) is 1. The maximum atomic E-state index is 12.1. The number of nitrogens with zero attached hydrogens (tertiary/aromatic N) is 1. The third kappa shape index (κ3) is 12.6. The second-order valence-electron chi connectivity index (χ2n) is 7.24. The Bertz CT molecular complexity index is 393. The average Bonchev–Trinajstić information content (AvgIpc) is 2.48. The van der Waals surface area contributed by atoms with Crippen LogP contribution in [-0.4, -0.2) is 60.8 Å². The van der Waals surface area contributed by atoms with Gasteiger partial charge in [0, 0.05) is 12.2 Å². The molecule has 0 fully saturated rings. The fourth-order valence-electron chi connectivity index (χ4n) is 2.33. The summed E-state index contributed by atoms with van der Waals surface area (Å²) in [5, 5.41) is 0. The van der Waals surface area contributed by atoms with Crippen LogP contribution in [0.4, 0.5) is 0 Å². The number of carbonyl (C=O) groups excluding carboxylic acids is 2. The van der Waals surface area contributed by atoms with Gasteiger partial charge in [-0.05, 0) is 12.8 Å². The summed E-state index contributed by atoms with van der Waals surface area (Å²) in [6, 6.07) is 0. The van der Waals surface area contributed by atoms with E-state index in [1.807, 2.05) is 21.1 Å². The first kappa shape index (κ1) is 23.2. The number of carbonyl (C=O) groups is 2. The molecule has 2 atom stereocenters. The Morgan fingerprint density at radius 1 is 1.17 bits per heavy atom. The Kier molecular flexibility index (Phi) is 12.2. The molecule has 0 amide bonds. The zero-order chi connectivity index (χ0) is 18.6. The van der Waals surface area contributed by atoms with Crippen LogP contribution in [0, 0.1) is 0 Å². The molecule has 0 spiro atoms. The van der Waals surface area contributed by atoms with Gasteiger partial charge in [0.1, 0.15) is 20.8 Å². The maximum absolute atomic E-state index is 12.1. The monoisotopic (exact) mass is 360 g/mol. The largest absolute Gasteiger partial charge is 0.459 e. The van der Waals surface area contributed by atoms with Gasteiger partial charge in [0.2, 0.25) is 5.52 Å². The van der Waals surface area contributed by atoms with Crippen LogP contribution in [-0.2, 0) is 14.3 Å². The predicted molar refractivity (Wildman–Crippen MR) is 100.0 cm³/mol. The minimum Gasteiger partial charge on any atom is -0.459 e. The molecule has 24 heavy (non-hydrogen) atoms. The Balaban J connectivity index is 4.40. The van der Waals surface area contributed by atoms with Gasteiger partial charge in [0.25, 0.3) is 0 Å². The van der Waals surface area contributed by atoms with Gasteiger partial charge in [-0.25, -0.2) is 4.79 Å². The molecule has 0 aromatic heterocycles. The first-order chi connectivity index (χ1) is 11.2. The smallest absolute Gasteiger partial charge is 0.330 e. The molecule has 0 aromatic carbocycles. The molecule has 140 valence electrons. The van der Waals surface area contributed by atoms with Crippen molar-refractivity contribution < 1.29 is 23.7 Å². The lowest BCUT2D eigenvalue weighted by Crippen LogP contribution is -2.39. The van der Waals surface area contributed by atoms with Crippen molar-refractivity contribution in [2.75, 3.05) is 33.8 Å². The molecule has 0 radical (unpaired) electrons. The summed E-state index contributed by atoms with van der Waals surface area (Å²) in [6.45, 7) is 5.87. The van der Waals surface area contributed by atoms with Crippen LogP contribution in [0.2, 0.25) is 0 Å². The van der Waals surface area contributed by atoms with Crippen molar-refractivity contribution in [1.29, 1.82) is 0 Å². The molecule has 0 bridgehead atoms. The molecular weight excluding hydrogens is 325 g/mol. The van der Waals surface area contributed by atoms with Crippen LogP contribution in [0.25, 0.3) is 0 Å². The normalized spacial score (nSPS) is 14.0. The predicted octanol–water partition coefficient (Wildman–Crippen LogP) is 3.46. The highest BCUT2D eigenvalue weighted by Crippen LogP contribution is 2.34. The standard InChI is InChI=1S/C18H35NO4P/c1-6-8-9-10-11-12-13-16(23-17(20)7-2)15-24(22)18(21)14-19(3,4)5/h7,16,22H,2,6,8-15H2,1,3-5H3/q+1. The number of hydrogen-bond donors (Lipinski definition) is 1. The summed E-state index contributed by atoms with van der Waals surface area (Å²) in [7, 11) is 3.95. The van der Waals surface area contributed by atoms with Crippen LogP contribution >= 0.6 is 8.15 Å². The highest BCUT2D eigenvalue weighted by atomic mass is 31.1. The van der Waals surface area contributed by atoms with Crippen molar-refractivity contribution in [2.45, 2.75) is 58.0 Å². The van der Waals surface area contributed by atoms with Crippen molar-refractivity contribution in [2.24, 2.45) is 0 Å². The van der Waals surface area contributed by atoms with Crippen molar-refractivity contribution in [3.8, 4) is 0 Å². The molecule has 5 nitrogen and oxygen atoms in total. The van der Waals surface area contributed by atoms with Crippen LogP contribution in [0.1, 0.15) is 51.9 Å². The maximum Gasteiger partial charge on any atom is 0.330 e. The SMILES string of the molecule is C=CC(=O)OC(CCCCCCCC)CP(O)C(=O)C[N+](C)(C)C. The molecule has 0 saturated carbocycles. The van der Waals surface area contributed by atoms with Crippen molar-refractivity contribution >= 4 is 19.6 Å². The van der Waals surface area contributed by atoms with Gasteiger partial charge in [-0.3, -0.25) is 4.79 Å². The summed E-state index contributed by atoms with van der Waals surface area (Å²) in [5.41, 5.74) is -0.153. The second kappa shape index (κ2) is 12.6. The third-order valence-corrected chi connectivity index (χ3v) is 5.07. The molecule has 1 N–H and O–H groups in total. The van der Waals surface area contributed by atoms with Gasteiger partial charge in [-0.15, -0.1) is 0 Å². The van der Waals surface area contributed by atoms with E-state index in [0.717, 1.165) is 18.9 Å². The lowest BCUT2D eigenvalue weighted by Gasteiger charge is -2.25. The molecule has 0 aliphatic carbocycles. The summed E-state index contributed by atoms with van der Waals surface area (Å²) >= 11 is 0. The van der Waals surface area contributed by atoms with E-state index in [9.17, 15) is 14.5 Å². The minimum atomic E-state index is -1.78. The number of likely N-dealkylation sites (N-methyl/N-ethyl adjacent to an activating group) is 1. The molecule has 0 aliphatic rings. The molecule has 0 heterocycles. The van der Waals surface area contributed by atoms with E-state index in [1.165, 1.54) is 25.7 Å². The number of unbranched alkanes of at least 4 members (excludes halogenated alkanes) is 5. The summed E-state index contributed by atoms with van der Waals surface area (Å²) in [6.07, 6.45) is 8.50. The fraction of sp³-hybridized carbons (Fsp3) is 0.778. The number of rotatable bonds is 14. The van der Waals surface area contributed by atoms with Gasteiger partial charge in [-0.2, -0.15) is 0 Å². The highest BCUT2D eigenvalue weighted by molar-refractivity contribution is 7.69. The zero-order valence-corrected chi connectivity index (χ0v) is 16.7. The van der Waals surface area contributed by atoms with E-state index in [0.29, 0.717) is 10.9 Å². The van der Waals surface area contributed by atoms with Crippen LogP contribution in [0.5, 0.6) is 0 Å². The first-order valence-electron chi connectivity index (χ1n) is 8.82.